The predicted molar refractivity (Wildman–Crippen MR) is 57.4 cm³/mol. The Morgan fingerprint density at radius 2 is 2.08 bits per heavy atom. The number of nitrogens with zero attached hydrogens (tertiary/aromatic N) is 1. The minimum atomic E-state index is 0.0787. The summed E-state index contributed by atoms with van der Waals surface area (Å²) in [4.78, 5) is 4.03. The van der Waals surface area contributed by atoms with Crippen LogP contribution in [0.4, 0.5) is 0 Å². The van der Waals surface area contributed by atoms with E-state index in [0.717, 1.165) is 19.3 Å². The van der Waals surface area contributed by atoms with Crippen LogP contribution in [0.1, 0.15) is 19.3 Å². The van der Waals surface area contributed by atoms with E-state index >= 15 is 0 Å². The van der Waals surface area contributed by atoms with Crippen LogP contribution in [0.2, 0.25) is 0 Å². The fraction of sp³-hybridized carbons (Fsp3) is 0.364. The summed E-state index contributed by atoms with van der Waals surface area (Å²) < 4.78 is 0. The monoisotopic (exact) mass is 176 g/mol. The first-order chi connectivity index (χ1) is 6.22. The van der Waals surface area contributed by atoms with Crippen LogP contribution in [0, 0.1) is 5.41 Å². The van der Waals surface area contributed by atoms with Crippen LogP contribution >= 0.6 is 0 Å². The molecule has 2 nitrogen and oxygen atoms in total. The zero-order valence-electron chi connectivity index (χ0n) is 7.87. The Balaban J connectivity index is 2.80. The lowest BCUT2D eigenvalue weighted by Crippen LogP contribution is -2.27. The van der Waals surface area contributed by atoms with E-state index in [4.69, 9.17) is 5.73 Å². The molecule has 0 bridgehead atoms. The summed E-state index contributed by atoms with van der Waals surface area (Å²) >= 11 is 0. The van der Waals surface area contributed by atoms with Crippen molar-refractivity contribution in [2.75, 3.05) is 0 Å². The number of hydrogen-bond donors (Lipinski definition) is 1. The van der Waals surface area contributed by atoms with Crippen molar-refractivity contribution in [3.8, 4) is 0 Å². The molecule has 0 amide bonds. The van der Waals surface area contributed by atoms with Gasteiger partial charge in [-0.05, 0) is 12.8 Å². The van der Waals surface area contributed by atoms with Crippen LogP contribution < -0.4 is 5.73 Å². The second-order valence-electron chi connectivity index (χ2n) is 3.46. The summed E-state index contributed by atoms with van der Waals surface area (Å²) in [5, 5.41) is 0. The van der Waals surface area contributed by atoms with Gasteiger partial charge in [-0.1, -0.05) is 18.2 Å². The van der Waals surface area contributed by atoms with Gasteiger partial charge in [0.1, 0.15) is 0 Å². The van der Waals surface area contributed by atoms with Crippen molar-refractivity contribution in [3.05, 3.63) is 37.6 Å². The maximum Gasteiger partial charge on any atom is 0.0997 e. The van der Waals surface area contributed by atoms with E-state index in [1.165, 1.54) is 0 Å². The van der Waals surface area contributed by atoms with E-state index in [1.807, 2.05) is 12.2 Å². The van der Waals surface area contributed by atoms with Crippen molar-refractivity contribution in [1.29, 1.82) is 0 Å². The van der Waals surface area contributed by atoms with Gasteiger partial charge in [-0.3, -0.25) is 0 Å². The van der Waals surface area contributed by atoms with Gasteiger partial charge in [-0.2, -0.15) is 0 Å². The van der Waals surface area contributed by atoms with Crippen molar-refractivity contribution in [3.63, 3.8) is 0 Å². The lowest BCUT2D eigenvalue weighted by Gasteiger charge is -2.29. The van der Waals surface area contributed by atoms with Crippen LogP contribution in [0.25, 0.3) is 0 Å². The molecule has 0 aromatic rings. The number of nitrogens with two attached hydrogens (primary N) is 1. The van der Waals surface area contributed by atoms with Gasteiger partial charge in [0.15, 0.2) is 0 Å². The van der Waals surface area contributed by atoms with Gasteiger partial charge in [0.25, 0.3) is 0 Å². The summed E-state index contributed by atoms with van der Waals surface area (Å²) in [6, 6.07) is 0. The molecule has 2 heteroatoms. The van der Waals surface area contributed by atoms with Gasteiger partial charge in [-0.25, -0.2) is 4.99 Å². The van der Waals surface area contributed by atoms with Crippen molar-refractivity contribution in [2.24, 2.45) is 16.1 Å². The molecule has 0 aliphatic carbocycles. The predicted octanol–water partition coefficient (Wildman–Crippen LogP) is 2.40. The van der Waals surface area contributed by atoms with Crippen LogP contribution in [-0.4, -0.2) is 5.84 Å². The van der Waals surface area contributed by atoms with E-state index in [-0.39, 0.29) is 5.41 Å². The second-order valence-corrected chi connectivity index (χ2v) is 3.46. The zero-order chi connectivity index (χ0) is 9.73. The molecular weight excluding hydrogens is 160 g/mol. The first-order valence-corrected chi connectivity index (χ1v) is 4.44. The van der Waals surface area contributed by atoms with Crippen LogP contribution in [-0.2, 0) is 0 Å². The average molecular weight is 176 g/mol. The minimum absolute atomic E-state index is 0.0787. The Bertz CT molecular complexity index is 251. The van der Waals surface area contributed by atoms with E-state index in [9.17, 15) is 0 Å². The minimum Gasteiger partial charge on any atom is -0.387 e. The fourth-order valence-corrected chi connectivity index (χ4v) is 1.70. The third kappa shape index (κ3) is 2.31. The zero-order valence-corrected chi connectivity index (χ0v) is 7.87. The molecule has 13 heavy (non-hydrogen) atoms. The SMILES string of the molecule is C=CCC1(CC=C)C=CN=C(N)C1. The number of aliphatic imine (C=N–C) groups is 1. The molecule has 1 heterocycles. The summed E-state index contributed by atoms with van der Waals surface area (Å²) in [5.41, 5.74) is 5.78. The third-order valence-corrected chi connectivity index (χ3v) is 2.30. The Labute approximate surface area is 79.5 Å². The van der Waals surface area contributed by atoms with E-state index in [0.29, 0.717) is 5.84 Å². The quantitative estimate of drug-likeness (QED) is 0.656. The highest BCUT2D eigenvalue weighted by Crippen LogP contribution is 2.35. The molecule has 0 aromatic carbocycles. The fourth-order valence-electron chi connectivity index (χ4n) is 1.70. The van der Waals surface area contributed by atoms with Gasteiger partial charge in [-0.15, -0.1) is 13.2 Å². The molecule has 1 aliphatic heterocycles. The van der Waals surface area contributed by atoms with Gasteiger partial charge < -0.3 is 5.73 Å². The van der Waals surface area contributed by atoms with Gasteiger partial charge in [0.2, 0.25) is 0 Å². The Hall–Kier alpha value is -1.31. The normalized spacial score (nSPS) is 19.2. The van der Waals surface area contributed by atoms with Crippen molar-refractivity contribution in [1.82, 2.24) is 0 Å². The highest BCUT2D eigenvalue weighted by atomic mass is 14.8. The molecule has 70 valence electrons. The second kappa shape index (κ2) is 4.08. The molecule has 0 unspecified atom stereocenters. The van der Waals surface area contributed by atoms with Crippen molar-refractivity contribution < 1.29 is 0 Å². The van der Waals surface area contributed by atoms with Gasteiger partial charge in [0.05, 0.1) is 5.84 Å². The average Bonchev–Trinajstić information content (AvgIpc) is 2.04. The van der Waals surface area contributed by atoms with Gasteiger partial charge >= 0.3 is 0 Å². The molecule has 0 radical (unpaired) electrons. The molecule has 1 rings (SSSR count). The third-order valence-electron chi connectivity index (χ3n) is 2.30. The maximum absolute atomic E-state index is 5.70. The first kappa shape index (κ1) is 9.78. The number of allylic oxidation sites excluding steroid dienone is 3. The Morgan fingerprint density at radius 3 is 2.54 bits per heavy atom. The van der Waals surface area contributed by atoms with Crippen molar-refractivity contribution in [2.45, 2.75) is 19.3 Å². The smallest absolute Gasteiger partial charge is 0.0997 e. The Kier molecular flexibility index (Phi) is 3.07. The van der Waals surface area contributed by atoms with E-state index in [1.54, 1.807) is 6.20 Å². The highest BCUT2D eigenvalue weighted by Gasteiger charge is 2.27. The maximum atomic E-state index is 5.70. The molecule has 0 atom stereocenters. The van der Waals surface area contributed by atoms with E-state index < -0.39 is 0 Å². The van der Waals surface area contributed by atoms with Crippen LogP contribution in [0.5, 0.6) is 0 Å². The summed E-state index contributed by atoms with van der Waals surface area (Å²) in [6.07, 6.45) is 10.4. The molecule has 0 fully saturated rings. The standard InChI is InChI=1S/C11H16N2/c1-3-5-11(6-4-2)7-8-13-10(12)9-11/h3-4,7-8H,1-2,5-6,9H2,(H2,12,13). The summed E-state index contributed by atoms with van der Waals surface area (Å²) in [7, 11) is 0. The lowest BCUT2D eigenvalue weighted by molar-refractivity contribution is 0.403. The largest absolute Gasteiger partial charge is 0.387 e. The summed E-state index contributed by atoms with van der Waals surface area (Å²) in [5.74, 6) is 0.700. The molecule has 0 saturated heterocycles. The molecular formula is C11H16N2. The van der Waals surface area contributed by atoms with Crippen molar-refractivity contribution >= 4 is 5.84 Å². The number of amidine groups is 1. The molecule has 2 N–H and O–H groups in total. The molecule has 0 saturated carbocycles. The van der Waals surface area contributed by atoms with Crippen LogP contribution in [0.3, 0.4) is 0 Å². The summed E-state index contributed by atoms with van der Waals surface area (Å²) in [6.45, 7) is 7.52. The molecule has 0 aromatic heterocycles. The molecule has 0 spiro atoms. The first-order valence-electron chi connectivity index (χ1n) is 4.44. The van der Waals surface area contributed by atoms with E-state index in [2.05, 4.69) is 24.2 Å². The lowest BCUT2D eigenvalue weighted by atomic mass is 9.77. The molecule has 1 aliphatic rings. The Morgan fingerprint density at radius 1 is 1.46 bits per heavy atom. The number of rotatable bonds is 4. The number of hydrogen-bond acceptors (Lipinski definition) is 2. The van der Waals surface area contributed by atoms with Crippen LogP contribution in [0.15, 0.2) is 42.6 Å². The topological polar surface area (TPSA) is 38.4 Å². The highest BCUT2D eigenvalue weighted by molar-refractivity contribution is 5.82. The van der Waals surface area contributed by atoms with Gasteiger partial charge in [0, 0.05) is 18.0 Å².